The number of thioether (sulfide) groups is 1. The molecule has 0 spiro atoms. The molecular formula is C7H8NO3S-. The first-order chi connectivity index (χ1) is 5.67. The minimum atomic E-state index is -1.11. The molecule has 0 bridgehead atoms. The van der Waals surface area contributed by atoms with Crippen molar-refractivity contribution in [1.82, 2.24) is 4.90 Å². The predicted molar refractivity (Wildman–Crippen MR) is 41.1 cm³/mol. The lowest BCUT2D eigenvalue weighted by atomic mass is 10.2. The van der Waals surface area contributed by atoms with Crippen molar-refractivity contribution in [2.45, 2.75) is 17.7 Å². The van der Waals surface area contributed by atoms with Crippen molar-refractivity contribution in [3.8, 4) is 0 Å². The number of carboxylic acids is 1. The smallest absolute Gasteiger partial charge is 0.224 e. The maximum absolute atomic E-state index is 11.2. The molecule has 5 heteroatoms. The maximum Gasteiger partial charge on any atom is 0.224 e. The van der Waals surface area contributed by atoms with Crippen molar-refractivity contribution < 1.29 is 14.7 Å². The van der Waals surface area contributed by atoms with Crippen molar-refractivity contribution in [3.05, 3.63) is 0 Å². The summed E-state index contributed by atoms with van der Waals surface area (Å²) in [6, 6.07) is 0. The molecule has 2 rings (SSSR count). The highest BCUT2D eigenvalue weighted by Gasteiger charge is 2.50. The second-order valence-corrected chi connectivity index (χ2v) is 4.34. The van der Waals surface area contributed by atoms with Gasteiger partial charge < -0.3 is 14.8 Å². The summed E-state index contributed by atoms with van der Waals surface area (Å²) in [5.41, 5.74) is 0. The summed E-state index contributed by atoms with van der Waals surface area (Å²) in [5, 5.41) is 10.8. The van der Waals surface area contributed by atoms with Gasteiger partial charge in [-0.05, 0) is 6.42 Å². The molecule has 2 fully saturated rings. The normalized spacial score (nSPS) is 34.0. The number of nitrogens with zero attached hydrogens (tertiary/aromatic N) is 1. The van der Waals surface area contributed by atoms with Gasteiger partial charge >= 0.3 is 0 Å². The van der Waals surface area contributed by atoms with Gasteiger partial charge in [0.15, 0.2) is 0 Å². The van der Waals surface area contributed by atoms with Gasteiger partial charge in [0.2, 0.25) is 5.91 Å². The van der Waals surface area contributed by atoms with Crippen LogP contribution in [0, 0.1) is 0 Å². The average molecular weight is 186 g/mol. The second kappa shape index (κ2) is 2.39. The van der Waals surface area contributed by atoms with E-state index in [1.54, 1.807) is 0 Å². The molecular weight excluding hydrogens is 178 g/mol. The molecule has 0 aliphatic carbocycles. The SMILES string of the molecule is O=C1CC[C@@]2(C(=O)[O-])SCCN12. The Morgan fingerprint density at radius 1 is 1.67 bits per heavy atom. The summed E-state index contributed by atoms with van der Waals surface area (Å²) in [7, 11) is 0. The van der Waals surface area contributed by atoms with Crippen LogP contribution in [0.3, 0.4) is 0 Å². The van der Waals surface area contributed by atoms with Gasteiger partial charge in [0.1, 0.15) is 4.87 Å². The van der Waals surface area contributed by atoms with E-state index in [4.69, 9.17) is 0 Å². The van der Waals surface area contributed by atoms with E-state index in [9.17, 15) is 14.7 Å². The van der Waals surface area contributed by atoms with E-state index < -0.39 is 10.8 Å². The van der Waals surface area contributed by atoms with Crippen LogP contribution in [0.25, 0.3) is 0 Å². The lowest BCUT2D eigenvalue weighted by molar-refractivity contribution is -0.312. The van der Waals surface area contributed by atoms with Gasteiger partial charge in [-0.15, -0.1) is 11.8 Å². The Bertz CT molecular complexity index is 255. The van der Waals surface area contributed by atoms with Crippen LogP contribution in [-0.2, 0) is 9.59 Å². The minimum absolute atomic E-state index is 0.0517. The fourth-order valence-corrected chi connectivity index (χ4v) is 3.10. The Labute approximate surface area is 73.9 Å². The van der Waals surface area contributed by atoms with Crippen LogP contribution in [0.4, 0.5) is 0 Å². The largest absolute Gasteiger partial charge is 0.547 e. The molecule has 2 aliphatic rings. The van der Waals surface area contributed by atoms with Gasteiger partial charge in [-0.25, -0.2) is 0 Å². The molecule has 1 atom stereocenters. The molecule has 0 saturated carbocycles. The maximum atomic E-state index is 11.2. The lowest BCUT2D eigenvalue weighted by Crippen LogP contribution is -2.52. The molecule has 0 aromatic heterocycles. The zero-order chi connectivity index (χ0) is 8.77. The second-order valence-electron chi connectivity index (χ2n) is 2.97. The molecule has 2 heterocycles. The predicted octanol–water partition coefficient (Wildman–Crippen LogP) is -1.20. The quantitative estimate of drug-likeness (QED) is 0.516. The van der Waals surface area contributed by atoms with Crippen LogP contribution in [0.5, 0.6) is 0 Å². The molecule has 0 aromatic carbocycles. The molecule has 12 heavy (non-hydrogen) atoms. The van der Waals surface area contributed by atoms with E-state index in [1.807, 2.05) is 0 Å². The molecule has 1 amide bonds. The highest BCUT2D eigenvalue weighted by atomic mass is 32.2. The third kappa shape index (κ3) is 0.798. The first kappa shape index (κ1) is 7.91. The summed E-state index contributed by atoms with van der Waals surface area (Å²) in [4.78, 5) is 22.4. The Kier molecular flexibility index (Phi) is 1.57. The molecule has 4 nitrogen and oxygen atoms in total. The van der Waals surface area contributed by atoms with Gasteiger partial charge in [0, 0.05) is 18.7 Å². The van der Waals surface area contributed by atoms with Crippen LogP contribution in [0.2, 0.25) is 0 Å². The van der Waals surface area contributed by atoms with Gasteiger partial charge in [0.05, 0.1) is 5.97 Å². The molecule has 0 unspecified atom stereocenters. The van der Waals surface area contributed by atoms with E-state index in [-0.39, 0.29) is 5.91 Å². The standard InChI is InChI=1S/C7H9NO3S/c9-5-1-2-7(6(10)11)8(5)3-4-12-7/h1-4H2,(H,10,11)/p-1/t7-/m0/s1. The van der Waals surface area contributed by atoms with E-state index in [2.05, 4.69) is 0 Å². The van der Waals surface area contributed by atoms with Crippen LogP contribution in [0.1, 0.15) is 12.8 Å². The van der Waals surface area contributed by atoms with Crippen LogP contribution < -0.4 is 5.11 Å². The third-order valence-corrected chi connectivity index (χ3v) is 3.84. The van der Waals surface area contributed by atoms with E-state index >= 15 is 0 Å². The number of fused-ring (bicyclic) bond motifs is 1. The van der Waals surface area contributed by atoms with Crippen molar-refractivity contribution >= 4 is 23.6 Å². The number of aliphatic carboxylic acids is 1. The zero-order valence-corrected chi connectivity index (χ0v) is 7.23. The first-order valence-electron chi connectivity index (χ1n) is 3.83. The number of carboxylic acid groups (broad SMARTS) is 1. The Balaban J connectivity index is 2.35. The number of rotatable bonds is 1. The highest BCUT2D eigenvalue weighted by Crippen LogP contribution is 2.44. The fraction of sp³-hybridized carbons (Fsp3) is 0.714. The van der Waals surface area contributed by atoms with E-state index in [0.717, 1.165) is 0 Å². The zero-order valence-electron chi connectivity index (χ0n) is 6.41. The monoisotopic (exact) mass is 186 g/mol. The molecule has 0 aromatic rings. The molecule has 0 radical (unpaired) electrons. The summed E-state index contributed by atoms with van der Waals surface area (Å²) < 4.78 is 0. The molecule has 2 saturated heterocycles. The molecule has 66 valence electrons. The topological polar surface area (TPSA) is 60.4 Å². The number of hydrogen-bond acceptors (Lipinski definition) is 4. The number of carbonyl (C=O) groups is 2. The van der Waals surface area contributed by atoms with Gasteiger partial charge in [-0.3, -0.25) is 4.79 Å². The fourth-order valence-electron chi connectivity index (χ4n) is 1.78. The van der Waals surface area contributed by atoms with Crippen LogP contribution in [-0.4, -0.2) is 33.9 Å². The van der Waals surface area contributed by atoms with Gasteiger partial charge in [-0.1, -0.05) is 0 Å². The third-order valence-electron chi connectivity index (χ3n) is 2.39. The van der Waals surface area contributed by atoms with Crippen LogP contribution in [0.15, 0.2) is 0 Å². The molecule has 0 N–H and O–H groups in total. The van der Waals surface area contributed by atoms with Crippen LogP contribution >= 0.6 is 11.8 Å². The Morgan fingerprint density at radius 3 is 3.00 bits per heavy atom. The lowest BCUT2D eigenvalue weighted by Gasteiger charge is -2.31. The summed E-state index contributed by atoms with van der Waals surface area (Å²) in [6.45, 7) is 0.553. The average Bonchev–Trinajstić information content (AvgIpc) is 2.53. The number of hydrogen-bond donors (Lipinski definition) is 0. The van der Waals surface area contributed by atoms with Crippen molar-refractivity contribution in [2.75, 3.05) is 12.3 Å². The molecule has 2 aliphatic heterocycles. The number of carbonyl (C=O) groups excluding carboxylic acids is 2. The summed E-state index contributed by atoms with van der Waals surface area (Å²) >= 11 is 1.32. The van der Waals surface area contributed by atoms with Crippen molar-refractivity contribution in [1.29, 1.82) is 0 Å². The van der Waals surface area contributed by atoms with E-state index in [0.29, 0.717) is 25.1 Å². The first-order valence-corrected chi connectivity index (χ1v) is 4.81. The van der Waals surface area contributed by atoms with E-state index in [1.165, 1.54) is 16.7 Å². The highest BCUT2D eigenvalue weighted by molar-refractivity contribution is 8.01. The van der Waals surface area contributed by atoms with Crippen molar-refractivity contribution in [3.63, 3.8) is 0 Å². The Hall–Kier alpha value is -0.710. The minimum Gasteiger partial charge on any atom is -0.547 e. The summed E-state index contributed by atoms with van der Waals surface area (Å²) in [6.07, 6.45) is 0.750. The van der Waals surface area contributed by atoms with Gasteiger partial charge in [-0.2, -0.15) is 0 Å². The number of amides is 1. The van der Waals surface area contributed by atoms with Crippen molar-refractivity contribution in [2.24, 2.45) is 0 Å². The summed E-state index contributed by atoms with van der Waals surface area (Å²) in [5.74, 6) is -0.459. The van der Waals surface area contributed by atoms with Gasteiger partial charge in [0.25, 0.3) is 0 Å². The Morgan fingerprint density at radius 2 is 2.42 bits per heavy atom.